The summed E-state index contributed by atoms with van der Waals surface area (Å²) in [5.41, 5.74) is 0. The molecule has 0 aromatic carbocycles. The third kappa shape index (κ3) is 55.6. The van der Waals surface area contributed by atoms with E-state index < -0.39 is 6.10 Å². The van der Waals surface area contributed by atoms with Gasteiger partial charge in [0, 0.05) is 19.3 Å². The van der Waals surface area contributed by atoms with Gasteiger partial charge in [-0.2, -0.15) is 0 Å². The fraction of sp³-hybridized carbons (Fsp3) is 0.952. The summed E-state index contributed by atoms with van der Waals surface area (Å²) in [6.45, 7) is 11.5. The number of esters is 3. The molecular formula is C63H122O6. The molecular weight excluding hydrogens is 853 g/mol. The van der Waals surface area contributed by atoms with E-state index in [2.05, 4.69) is 34.6 Å². The summed E-state index contributed by atoms with van der Waals surface area (Å²) < 4.78 is 16.9. The molecule has 0 fully saturated rings. The van der Waals surface area contributed by atoms with Crippen molar-refractivity contribution in [3.63, 3.8) is 0 Å². The highest BCUT2D eigenvalue weighted by atomic mass is 16.6. The van der Waals surface area contributed by atoms with Crippen molar-refractivity contribution in [3.8, 4) is 0 Å². The van der Waals surface area contributed by atoms with Crippen LogP contribution in [0, 0.1) is 11.8 Å². The van der Waals surface area contributed by atoms with E-state index in [1.165, 1.54) is 244 Å². The van der Waals surface area contributed by atoms with E-state index in [-0.39, 0.29) is 31.1 Å². The first-order valence-electron chi connectivity index (χ1n) is 31.3. The van der Waals surface area contributed by atoms with Crippen LogP contribution in [0.5, 0.6) is 0 Å². The highest BCUT2D eigenvalue weighted by Gasteiger charge is 2.19. The maximum Gasteiger partial charge on any atom is 0.306 e. The standard InChI is InChI=1S/C63H122O6/c1-6-8-9-10-11-12-13-14-22-28-33-38-43-48-53-61(64)67-56-60(69-63(66)55-50-45-40-35-30-25-24-26-31-36-41-46-51-58(3)4)57-68-62(65)54-49-44-39-34-29-23-20-18-16-15-17-19-21-27-32-37-42-47-52-59(5)7-2/h58-60H,6-57H2,1-5H3/t59?,60-/m1/s1. The summed E-state index contributed by atoms with van der Waals surface area (Å²) >= 11 is 0. The zero-order valence-electron chi connectivity index (χ0n) is 47.5. The van der Waals surface area contributed by atoms with Crippen LogP contribution in [0.2, 0.25) is 0 Å². The van der Waals surface area contributed by atoms with E-state index in [0.717, 1.165) is 69.6 Å². The van der Waals surface area contributed by atoms with Crippen LogP contribution in [-0.4, -0.2) is 37.2 Å². The lowest BCUT2D eigenvalue weighted by atomic mass is 9.99. The Morgan fingerprint density at radius 3 is 0.826 bits per heavy atom. The van der Waals surface area contributed by atoms with Gasteiger partial charge in [0.15, 0.2) is 6.10 Å². The molecule has 6 heteroatoms. The second-order valence-corrected chi connectivity index (χ2v) is 22.4. The molecule has 0 aliphatic heterocycles. The molecule has 0 aromatic heterocycles. The van der Waals surface area contributed by atoms with Crippen molar-refractivity contribution in [3.05, 3.63) is 0 Å². The molecule has 0 saturated carbocycles. The minimum absolute atomic E-state index is 0.0621. The summed E-state index contributed by atoms with van der Waals surface area (Å²) in [5, 5.41) is 0. The third-order valence-corrected chi connectivity index (χ3v) is 14.8. The fourth-order valence-corrected chi connectivity index (χ4v) is 9.73. The van der Waals surface area contributed by atoms with Crippen LogP contribution in [0.15, 0.2) is 0 Å². The maximum atomic E-state index is 12.9. The number of ether oxygens (including phenoxy) is 3. The number of hydrogen-bond donors (Lipinski definition) is 0. The Morgan fingerprint density at radius 1 is 0.304 bits per heavy atom. The van der Waals surface area contributed by atoms with Crippen LogP contribution in [-0.2, 0) is 28.6 Å². The van der Waals surface area contributed by atoms with Gasteiger partial charge in [0.2, 0.25) is 0 Å². The molecule has 0 spiro atoms. The molecule has 0 radical (unpaired) electrons. The van der Waals surface area contributed by atoms with Gasteiger partial charge in [-0.15, -0.1) is 0 Å². The van der Waals surface area contributed by atoms with E-state index in [1.54, 1.807) is 0 Å². The first kappa shape index (κ1) is 67.4. The second-order valence-electron chi connectivity index (χ2n) is 22.4. The van der Waals surface area contributed by atoms with Gasteiger partial charge >= 0.3 is 17.9 Å². The van der Waals surface area contributed by atoms with Gasteiger partial charge in [-0.05, 0) is 31.1 Å². The van der Waals surface area contributed by atoms with Crippen molar-refractivity contribution in [1.29, 1.82) is 0 Å². The second kappa shape index (κ2) is 55.7. The lowest BCUT2D eigenvalue weighted by Crippen LogP contribution is -2.30. The fourth-order valence-electron chi connectivity index (χ4n) is 9.73. The normalized spacial score (nSPS) is 12.4. The van der Waals surface area contributed by atoms with Crippen LogP contribution >= 0.6 is 0 Å². The minimum atomic E-state index is -0.763. The predicted octanol–water partition coefficient (Wildman–Crippen LogP) is 20.8. The molecule has 1 unspecified atom stereocenters. The zero-order chi connectivity index (χ0) is 50.4. The molecule has 2 atom stereocenters. The molecule has 0 heterocycles. The molecule has 0 rings (SSSR count). The SMILES string of the molecule is CCCCCCCCCCCCCCCCC(=O)OC[C@H](COC(=O)CCCCCCCCCCCCCCCCCCCCC(C)CC)OC(=O)CCCCCCCCCCCCCCC(C)C. The molecule has 0 amide bonds. The number of hydrogen-bond acceptors (Lipinski definition) is 6. The number of carbonyl (C=O) groups excluding carboxylic acids is 3. The Morgan fingerprint density at radius 2 is 0.551 bits per heavy atom. The zero-order valence-corrected chi connectivity index (χ0v) is 47.5. The quantitative estimate of drug-likeness (QED) is 0.0343. The summed E-state index contributed by atoms with van der Waals surface area (Å²) in [6.07, 6.45) is 60.9. The maximum absolute atomic E-state index is 12.9. The molecule has 410 valence electrons. The molecule has 0 aliphatic carbocycles. The van der Waals surface area contributed by atoms with Gasteiger partial charge in [0.1, 0.15) is 13.2 Å². The third-order valence-electron chi connectivity index (χ3n) is 14.8. The van der Waals surface area contributed by atoms with Crippen molar-refractivity contribution < 1.29 is 28.6 Å². The van der Waals surface area contributed by atoms with Crippen molar-refractivity contribution in [2.24, 2.45) is 11.8 Å². The van der Waals surface area contributed by atoms with Crippen LogP contribution in [0.3, 0.4) is 0 Å². The Kier molecular flexibility index (Phi) is 54.4. The average molecular weight is 976 g/mol. The smallest absolute Gasteiger partial charge is 0.306 e. The summed E-state index contributed by atoms with van der Waals surface area (Å²) in [7, 11) is 0. The van der Waals surface area contributed by atoms with E-state index in [4.69, 9.17) is 14.2 Å². The summed E-state index contributed by atoms with van der Waals surface area (Å²) in [6, 6.07) is 0. The van der Waals surface area contributed by atoms with Gasteiger partial charge in [-0.1, -0.05) is 317 Å². The Balaban J connectivity index is 4.24. The van der Waals surface area contributed by atoms with Crippen molar-refractivity contribution in [2.75, 3.05) is 13.2 Å². The first-order chi connectivity index (χ1) is 33.8. The summed E-state index contributed by atoms with van der Waals surface area (Å²) in [4.78, 5) is 38.2. The monoisotopic (exact) mass is 975 g/mol. The molecule has 0 aromatic rings. The van der Waals surface area contributed by atoms with Crippen LogP contribution in [0.1, 0.15) is 356 Å². The molecule has 6 nitrogen and oxygen atoms in total. The van der Waals surface area contributed by atoms with Crippen molar-refractivity contribution >= 4 is 17.9 Å². The highest BCUT2D eigenvalue weighted by molar-refractivity contribution is 5.71. The van der Waals surface area contributed by atoms with Gasteiger partial charge < -0.3 is 14.2 Å². The Hall–Kier alpha value is -1.59. The Bertz CT molecular complexity index is 1060. The van der Waals surface area contributed by atoms with E-state index in [0.29, 0.717) is 19.3 Å². The first-order valence-corrected chi connectivity index (χ1v) is 31.3. The van der Waals surface area contributed by atoms with Crippen LogP contribution in [0.25, 0.3) is 0 Å². The van der Waals surface area contributed by atoms with Gasteiger partial charge in [-0.25, -0.2) is 0 Å². The molecule has 0 saturated heterocycles. The van der Waals surface area contributed by atoms with E-state index >= 15 is 0 Å². The van der Waals surface area contributed by atoms with E-state index in [1.807, 2.05) is 0 Å². The lowest BCUT2D eigenvalue weighted by molar-refractivity contribution is -0.167. The lowest BCUT2D eigenvalue weighted by Gasteiger charge is -2.18. The van der Waals surface area contributed by atoms with Gasteiger partial charge in [-0.3, -0.25) is 14.4 Å². The predicted molar refractivity (Wildman–Crippen MR) is 298 cm³/mol. The summed E-state index contributed by atoms with van der Waals surface area (Å²) in [5.74, 6) is 0.908. The average Bonchev–Trinajstić information content (AvgIpc) is 3.34. The van der Waals surface area contributed by atoms with Crippen molar-refractivity contribution in [1.82, 2.24) is 0 Å². The molecule has 0 bridgehead atoms. The largest absolute Gasteiger partial charge is 0.462 e. The highest BCUT2D eigenvalue weighted by Crippen LogP contribution is 2.19. The Labute approximate surface area is 431 Å². The van der Waals surface area contributed by atoms with E-state index in [9.17, 15) is 14.4 Å². The van der Waals surface area contributed by atoms with Crippen molar-refractivity contribution in [2.45, 2.75) is 362 Å². The number of carbonyl (C=O) groups is 3. The number of unbranched alkanes of at least 4 members (excludes halogenated alkanes) is 41. The molecule has 0 N–H and O–H groups in total. The number of rotatable bonds is 57. The van der Waals surface area contributed by atoms with Crippen LogP contribution < -0.4 is 0 Å². The minimum Gasteiger partial charge on any atom is -0.462 e. The van der Waals surface area contributed by atoms with Gasteiger partial charge in [0.05, 0.1) is 0 Å². The molecule has 0 aliphatic rings. The topological polar surface area (TPSA) is 78.9 Å². The van der Waals surface area contributed by atoms with Gasteiger partial charge in [0.25, 0.3) is 0 Å². The van der Waals surface area contributed by atoms with Crippen LogP contribution in [0.4, 0.5) is 0 Å². The molecule has 69 heavy (non-hydrogen) atoms.